The summed E-state index contributed by atoms with van der Waals surface area (Å²) in [5.74, 6) is 0.141. The Morgan fingerprint density at radius 1 is 1.05 bits per heavy atom. The van der Waals surface area contributed by atoms with Gasteiger partial charge in [-0.15, -0.1) is 0 Å². The fourth-order valence-corrected chi connectivity index (χ4v) is 4.53. The van der Waals surface area contributed by atoms with Crippen LogP contribution in [-0.4, -0.2) is 50.6 Å². The number of hydrogen-bond donors (Lipinski definition) is 1. The molecule has 6 nitrogen and oxygen atoms in total. The number of hydrogen-bond acceptors (Lipinski definition) is 6. The summed E-state index contributed by atoms with van der Waals surface area (Å²) in [6.45, 7) is 7.22. The van der Waals surface area contributed by atoms with Gasteiger partial charge in [0.05, 0.1) is 21.2 Å². The van der Waals surface area contributed by atoms with E-state index in [4.69, 9.17) is 4.74 Å². The molecule has 1 aliphatic rings. The first-order chi connectivity index (χ1) is 17.0. The molecule has 13 heteroatoms. The number of aromatic nitrogens is 2. The maximum absolute atomic E-state index is 13.5. The molecule has 1 aromatic heterocycles. The molecule has 3 atom stereocenters. The van der Waals surface area contributed by atoms with Gasteiger partial charge in [0.25, 0.3) is 0 Å². The lowest BCUT2D eigenvalue weighted by Crippen LogP contribution is -2.45. The lowest BCUT2D eigenvalue weighted by Gasteiger charge is -2.33. The van der Waals surface area contributed by atoms with Crippen molar-refractivity contribution in [3.63, 3.8) is 0 Å². The zero-order valence-electron chi connectivity index (χ0n) is 20.7. The Morgan fingerprint density at radius 2 is 1.59 bits per heavy atom. The largest absolute Gasteiger partial charge is 0.416 e. The van der Waals surface area contributed by atoms with Crippen LogP contribution in [0.5, 0.6) is 0 Å². The van der Waals surface area contributed by atoms with Crippen molar-refractivity contribution < 1.29 is 36.2 Å². The average molecular weight is 599 g/mol. The topological polar surface area (TPSA) is 61.7 Å². The maximum atomic E-state index is 13.5. The van der Waals surface area contributed by atoms with Crippen LogP contribution in [-0.2, 0) is 23.6 Å². The number of likely N-dealkylation sites (tertiary alicyclic amines) is 1. The lowest BCUT2D eigenvalue weighted by atomic mass is 10.0. The molecule has 1 N–H and O–H groups in total. The monoisotopic (exact) mass is 598 g/mol. The van der Waals surface area contributed by atoms with E-state index in [0.29, 0.717) is 29.4 Å². The third kappa shape index (κ3) is 7.78. The summed E-state index contributed by atoms with van der Waals surface area (Å²) in [5, 5.41) is 10.7. The van der Waals surface area contributed by atoms with Crippen molar-refractivity contribution in [1.29, 1.82) is 0 Å². The van der Waals surface area contributed by atoms with Crippen LogP contribution in [0.1, 0.15) is 57.2 Å². The van der Waals surface area contributed by atoms with Crippen molar-refractivity contribution in [2.24, 2.45) is 0 Å². The van der Waals surface area contributed by atoms with Crippen LogP contribution in [0, 0.1) is 0 Å². The number of aliphatic hydroxyl groups excluding tert-OH is 1. The van der Waals surface area contributed by atoms with Crippen LogP contribution >= 0.6 is 15.9 Å². The van der Waals surface area contributed by atoms with Crippen molar-refractivity contribution in [2.75, 3.05) is 11.4 Å². The smallest absolute Gasteiger partial charge is 0.356 e. The number of nitrogens with zero attached hydrogens (tertiary/aromatic N) is 4. The third-order valence-electron chi connectivity index (χ3n) is 5.95. The van der Waals surface area contributed by atoms with Crippen LogP contribution < -0.4 is 4.90 Å². The van der Waals surface area contributed by atoms with Gasteiger partial charge < -0.3 is 14.7 Å². The molecule has 1 aromatic carbocycles. The number of ether oxygens (including phenoxy) is 1. The first kappa shape index (κ1) is 29.6. The number of halogens is 7. The normalized spacial score (nSPS) is 20.3. The van der Waals surface area contributed by atoms with E-state index in [0.717, 1.165) is 0 Å². The van der Waals surface area contributed by atoms with Gasteiger partial charge in [-0.3, -0.25) is 4.90 Å². The summed E-state index contributed by atoms with van der Waals surface area (Å²) >= 11 is 3.23. The molecule has 0 saturated carbocycles. The molecule has 1 saturated heterocycles. The van der Waals surface area contributed by atoms with Crippen molar-refractivity contribution in [2.45, 2.75) is 83.5 Å². The minimum Gasteiger partial charge on any atom is -0.356 e. The molecule has 2 heterocycles. The molecule has 2 aromatic rings. The first-order valence-corrected chi connectivity index (χ1v) is 12.4. The number of alkyl halides is 6. The average Bonchev–Trinajstić information content (AvgIpc) is 3.20. The Balaban J connectivity index is 2.01. The van der Waals surface area contributed by atoms with Gasteiger partial charge >= 0.3 is 12.4 Å². The summed E-state index contributed by atoms with van der Waals surface area (Å²) in [6, 6.07) is 0.959. The van der Waals surface area contributed by atoms with Crippen LogP contribution in [0.25, 0.3) is 0 Å². The van der Waals surface area contributed by atoms with E-state index >= 15 is 0 Å². The Bertz CT molecular complexity index is 1030. The van der Waals surface area contributed by atoms with E-state index < -0.39 is 41.5 Å². The maximum Gasteiger partial charge on any atom is 0.416 e. The van der Waals surface area contributed by atoms with Crippen LogP contribution in [0.2, 0.25) is 0 Å². The Kier molecular flexibility index (Phi) is 8.82. The molecule has 0 spiro atoms. The van der Waals surface area contributed by atoms with Crippen LogP contribution in [0.3, 0.4) is 0 Å². The van der Waals surface area contributed by atoms with Gasteiger partial charge in [-0.2, -0.15) is 26.3 Å². The molecule has 0 radical (unpaired) electrons. The molecule has 0 amide bonds. The summed E-state index contributed by atoms with van der Waals surface area (Å²) < 4.78 is 87.0. The van der Waals surface area contributed by atoms with Crippen LogP contribution in [0.4, 0.5) is 32.3 Å². The SMILES string of the molecule is CC[C@@H]1C[C@H](N(Cc2cc(C(F)(F)F)cc(C(F)(F)F)c2)c2ncc(Br)cn2)CN1C(O)OC(C)(C)C. The highest BCUT2D eigenvalue weighted by Crippen LogP contribution is 2.37. The van der Waals surface area contributed by atoms with E-state index in [1.165, 1.54) is 12.4 Å². The fourth-order valence-electron chi connectivity index (χ4n) is 4.32. The van der Waals surface area contributed by atoms with Gasteiger partial charge in [0, 0.05) is 37.6 Å². The van der Waals surface area contributed by atoms with E-state index in [1.807, 2.05) is 6.92 Å². The molecule has 37 heavy (non-hydrogen) atoms. The second-order valence-corrected chi connectivity index (χ2v) is 10.9. The van der Waals surface area contributed by atoms with Gasteiger partial charge in [-0.05, 0) is 73.3 Å². The van der Waals surface area contributed by atoms with E-state index in [1.54, 1.807) is 30.6 Å². The molecule has 206 valence electrons. The molecule has 0 bridgehead atoms. The zero-order chi connectivity index (χ0) is 27.8. The highest BCUT2D eigenvalue weighted by molar-refractivity contribution is 9.10. The second kappa shape index (κ2) is 11.0. The molecule has 1 unspecified atom stereocenters. The summed E-state index contributed by atoms with van der Waals surface area (Å²) in [6.07, 6.45) is -7.16. The predicted molar refractivity (Wildman–Crippen MR) is 128 cm³/mol. The van der Waals surface area contributed by atoms with Crippen molar-refractivity contribution in [1.82, 2.24) is 14.9 Å². The second-order valence-electron chi connectivity index (χ2n) is 9.95. The molecular formula is C24H29BrF6N4O2. The quantitative estimate of drug-likeness (QED) is 0.301. The number of rotatable bonds is 7. The first-order valence-electron chi connectivity index (χ1n) is 11.6. The van der Waals surface area contributed by atoms with E-state index in [9.17, 15) is 31.4 Å². The van der Waals surface area contributed by atoms with Gasteiger partial charge in [0.2, 0.25) is 12.4 Å². The van der Waals surface area contributed by atoms with Gasteiger partial charge in [-0.25, -0.2) is 9.97 Å². The van der Waals surface area contributed by atoms with Crippen molar-refractivity contribution in [3.8, 4) is 0 Å². The highest BCUT2D eigenvalue weighted by Gasteiger charge is 2.41. The van der Waals surface area contributed by atoms with Gasteiger partial charge in [0.15, 0.2) is 0 Å². The Hall–Kier alpha value is -1.96. The number of anilines is 1. The highest BCUT2D eigenvalue weighted by atomic mass is 79.9. The fraction of sp³-hybridized carbons (Fsp3) is 0.583. The molecular weight excluding hydrogens is 570 g/mol. The predicted octanol–water partition coefficient (Wildman–Crippen LogP) is 6.23. The summed E-state index contributed by atoms with van der Waals surface area (Å²) in [7, 11) is 0. The Labute approximate surface area is 219 Å². The number of aliphatic hydroxyl groups is 1. The molecule has 3 rings (SSSR count). The van der Waals surface area contributed by atoms with E-state index in [2.05, 4.69) is 25.9 Å². The summed E-state index contributed by atoms with van der Waals surface area (Å²) in [4.78, 5) is 11.8. The van der Waals surface area contributed by atoms with Crippen molar-refractivity contribution >= 4 is 21.9 Å². The standard InChI is InChI=1S/C24H29BrF6N4O2/c1-5-18-9-19(13-35(18)21(36)37-22(2,3)4)34(20-32-10-17(25)11-33-20)12-14-6-15(23(26,27)28)8-16(7-14)24(29,30)31/h6-8,10-11,18-19,21,36H,5,9,12-13H2,1-4H3/t18-,19+,21?/m1/s1. The Morgan fingerprint density at radius 3 is 2.05 bits per heavy atom. The van der Waals surface area contributed by atoms with Gasteiger partial charge in [0.1, 0.15) is 0 Å². The third-order valence-corrected chi connectivity index (χ3v) is 6.36. The van der Waals surface area contributed by atoms with Gasteiger partial charge in [-0.1, -0.05) is 6.92 Å². The van der Waals surface area contributed by atoms with E-state index in [-0.39, 0.29) is 36.7 Å². The van der Waals surface area contributed by atoms with Crippen molar-refractivity contribution in [3.05, 3.63) is 51.8 Å². The van der Waals surface area contributed by atoms with Crippen LogP contribution in [0.15, 0.2) is 35.1 Å². The minimum atomic E-state index is -4.96. The molecule has 1 fully saturated rings. The number of benzene rings is 1. The lowest BCUT2D eigenvalue weighted by molar-refractivity contribution is -0.242. The molecule has 0 aliphatic carbocycles. The minimum absolute atomic E-state index is 0.106. The summed E-state index contributed by atoms with van der Waals surface area (Å²) in [5.41, 5.74) is -3.60. The molecule has 1 aliphatic heterocycles. The zero-order valence-corrected chi connectivity index (χ0v) is 22.3.